The second-order valence-electron chi connectivity index (χ2n) is 7.99. The van der Waals surface area contributed by atoms with E-state index < -0.39 is 0 Å². The molecule has 0 aliphatic carbocycles. The number of rotatable bonds is 7. The van der Waals surface area contributed by atoms with E-state index in [0.29, 0.717) is 23.2 Å². The molecule has 0 aromatic heterocycles. The number of likely N-dealkylation sites (tertiary alicyclic amines) is 1. The quantitative estimate of drug-likeness (QED) is 0.530. The first kappa shape index (κ1) is 20.3. The van der Waals surface area contributed by atoms with Crippen LogP contribution >= 0.6 is 0 Å². The van der Waals surface area contributed by atoms with Gasteiger partial charge in [0.25, 0.3) is 5.91 Å². The molecule has 0 unspecified atom stereocenters. The maximum absolute atomic E-state index is 12.8. The normalized spacial score (nSPS) is 14.5. The predicted octanol–water partition coefficient (Wildman–Crippen LogP) is 5.54. The third-order valence-corrected chi connectivity index (χ3v) is 5.81. The molecule has 4 nitrogen and oxygen atoms in total. The van der Waals surface area contributed by atoms with Crippen molar-refractivity contribution in [2.45, 2.75) is 32.1 Å². The van der Waals surface area contributed by atoms with Crippen LogP contribution in [0.5, 0.6) is 0 Å². The fraction of sp³-hybridized carbons (Fsp3) is 0.308. The molecule has 1 aliphatic rings. The molecular weight excluding hydrogens is 372 g/mol. The van der Waals surface area contributed by atoms with E-state index in [-0.39, 0.29) is 11.7 Å². The van der Waals surface area contributed by atoms with Crippen LogP contribution in [-0.2, 0) is 0 Å². The van der Waals surface area contributed by atoms with Crippen molar-refractivity contribution in [2.24, 2.45) is 0 Å². The van der Waals surface area contributed by atoms with Crippen LogP contribution in [-0.4, -0.2) is 36.2 Å². The van der Waals surface area contributed by atoms with Crippen LogP contribution in [0.2, 0.25) is 0 Å². The third kappa shape index (κ3) is 4.95. The summed E-state index contributed by atoms with van der Waals surface area (Å²) in [5.74, 6) is -0.115. The summed E-state index contributed by atoms with van der Waals surface area (Å²) in [6.07, 6.45) is 5.19. The summed E-state index contributed by atoms with van der Waals surface area (Å²) >= 11 is 0. The molecule has 0 bridgehead atoms. The number of hydrogen-bond donors (Lipinski definition) is 1. The molecule has 0 spiro atoms. The van der Waals surface area contributed by atoms with Crippen LogP contribution in [0.25, 0.3) is 10.8 Å². The van der Waals surface area contributed by atoms with Crippen molar-refractivity contribution >= 4 is 28.2 Å². The van der Waals surface area contributed by atoms with Crippen LogP contribution in [0.15, 0.2) is 66.7 Å². The number of hydrogen-bond acceptors (Lipinski definition) is 3. The molecular formula is C26H28N2O2. The third-order valence-electron chi connectivity index (χ3n) is 5.81. The fourth-order valence-electron chi connectivity index (χ4n) is 4.14. The van der Waals surface area contributed by atoms with Gasteiger partial charge in [0.2, 0.25) is 0 Å². The number of piperidine rings is 1. The number of nitrogens with zero attached hydrogens (tertiary/aromatic N) is 1. The Hall–Kier alpha value is -2.98. The topological polar surface area (TPSA) is 49.4 Å². The van der Waals surface area contributed by atoms with E-state index in [9.17, 15) is 9.59 Å². The monoisotopic (exact) mass is 400 g/mol. The number of anilines is 1. The summed E-state index contributed by atoms with van der Waals surface area (Å²) < 4.78 is 0. The highest BCUT2D eigenvalue weighted by molar-refractivity contribution is 6.10. The minimum Gasteiger partial charge on any atom is -0.321 e. The SMILES string of the molecule is O=C(Nc1ccccc1C(=O)CCCN1CCCCC1)c1ccc2ccccc2c1. The van der Waals surface area contributed by atoms with Crippen LogP contribution in [0.1, 0.15) is 52.8 Å². The summed E-state index contributed by atoms with van der Waals surface area (Å²) in [7, 11) is 0. The molecule has 1 fully saturated rings. The van der Waals surface area contributed by atoms with Crippen molar-refractivity contribution in [1.82, 2.24) is 4.90 Å². The van der Waals surface area contributed by atoms with E-state index in [4.69, 9.17) is 0 Å². The van der Waals surface area contributed by atoms with Gasteiger partial charge < -0.3 is 10.2 Å². The smallest absolute Gasteiger partial charge is 0.255 e. The predicted molar refractivity (Wildman–Crippen MR) is 122 cm³/mol. The number of carbonyl (C=O) groups excluding carboxylic acids is 2. The van der Waals surface area contributed by atoms with Gasteiger partial charge in [0.05, 0.1) is 5.69 Å². The minimum atomic E-state index is -0.200. The van der Waals surface area contributed by atoms with Gasteiger partial charge in [-0.05, 0) is 73.9 Å². The number of nitrogens with one attached hydrogen (secondary N) is 1. The van der Waals surface area contributed by atoms with Gasteiger partial charge in [-0.3, -0.25) is 9.59 Å². The van der Waals surface area contributed by atoms with E-state index in [1.165, 1.54) is 19.3 Å². The number of para-hydroxylation sites is 1. The number of amides is 1. The summed E-state index contributed by atoms with van der Waals surface area (Å²) in [6.45, 7) is 3.26. The van der Waals surface area contributed by atoms with E-state index in [1.807, 2.05) is 54.6 Å². The molecule has 4 heteroatoms. The Kier molecular flexibility index (Phi) is 6.55. The standard InChI is InChI=1S/C26H28N2O2/c29-25(13-8-18-28-16-6-1-7-17-28)23-11-4-5-12-24(23)27-26(30)22-15-14-20-9-2-3-10-21(20)19-22/h2-5,9-12,14-15,19H,1,6-8,13,16-18H2,(H,27,30). The Morgan fingerprint density at radius 3 is 2.40 bits per heavy atom. The van der Waals surface area contributed by atoms with Gasteiger partial charge in [-0.25, -0.2) is 0 Å². The minimum absolute atomic E-state index is 0.0846. The molecule has 0 atom stereocenters. The highest BCUT2D eigenvalue weighted by Gasteiger charge is 2.15. The van der Waals surface area contributed by atoms with Crippen molar-refractivity contribution in [1.29, 1.82) is 0 Å². The molecule has 154 valence electrons. The van der Waals surface area contributed by atoms with E-state index >= 15 is 0 Å². The molecule has 3 aromatic rings. The molecule has 0 radical (unpaired) electrons. The number of ketones is 1. The van der Waals surface area contributed by atoms with E-state index in [1.54, 1.807) is 12.1 Å². The lowest BCUT2D eigenvalue weighted by Crippen LogP contribution is -2.30. The van der Waals surface area contributed by atoms with Gasteiger partial charge >= 0.3 is 0 Å². The molecule has 1 amide bonds. The van der Waals surface area contributed by atoms with Crippen molar-refractivity contribution in [3.05, 3.63) is 77.9 Å². The van der Waals surface area contributed by atoms with Crippen molar-refractivity contribution in [3.63, 3.8) is 0 Å². The maximum atomic E-state index is 12.8. The summed E-state index contributed by atoms with van der Waals surface area (Å²) in [5, 5.41) is 5.06. The highest BCUT2D eigenvalue weighted by atomic mass is 16.1. The zero-order chi connectivity index (χ0) is 20.8. The van der Waals surface area contributed by atoms with Gasteiger partial charge in [-0.1, -0.05) is 48.9 Å². The molecule has 1 heterocycles. The second kappa shape index (κ2) is 9.68. The number of benzene rings is 3. The van der Waals surface area contributed by atoms with Crippen molar-refractivity contribution in [3.8, 4) is 0 Å². The van der Waals surface area contributed by atoms with Gasteiger partial charge in [0.15, 0.2) is 5.78 Å². The lowest BCUT2D eigenvalue weighted by Gasteiger charge is -2.26. The second-order valence-corrected chi connectivity index (χ2v) is 7.99. The lowest BCUT2D eigenvalue weighted by molar-refractivity contribution is 0.0974. The molecule has 0 saturated carbocycles. The summed E-state index contributed by atoms with van der Waals surface area (Å²) in [5.41, 5.74) is 1.75. The van der Waals surface area contributed by atoms with Gasteiger partial charge in [-0.2, -0.15) is 0 Å². The molecule has 1 N–H and O–H groups in total. The fourth-order valence-corrected chi connectivity index (χ4v) is 4.14. The Labute approximate surface area is 177 Å². The molecule has 1 saturated heterocycles. The number of fused-ring (bicyclic) bond motifs is 1. The van der Waals surface area contributed by atoms with Crippen LogP contribution < -0.4 is 5.32 Å². The van der Waals surface area contributed by atoms with E-state index in [2.05, 4.69) is 10.2 Å². The lowest BCUT2D eigenvalue weighted by atomic mass is 10.0. The molecule has 4 rings (SSSR count). The van der Waals surface area contributed by atoms with Gasteiger partial charge in [0.1, 0.15) is 0 Å². The average molecular weight is 401 g/mol. The zero-order valence-corrected chi connectivity index (χ0v) is 17.3. The Bertz CT molecular complexity index is 1040. The van der Waals surface area contributed by atoms with E-state index in [0.717, 1.165) is 36.8 Å². The first-order chi connectivity index (χ1) is 14.7. The maximum Gasteiger partial charge on any atom is 0.255 e. The Morgan fingerprint density at radius 1 is 0.833 bits per heavy atom. The number of carbonyl (C=O) groups is 2. The Morgan fingerprint density at radius 2 is 1.57 bits per heavy atom. The highest BCUT2D eigenvalue weighted by Crippen LogP contribution is 2.21. The summed E-state index contributed by atoms with van der Waals surface area (Å²) in [4.78, 5) is 28.1. The molecule has 30 heavy (non-hydrogen) atoms. The largest absolute Gasteiger partial charge is 0.321 e. The van der Waals surface area contributed by atoms with Gasteiger partial charge in [-0.15, -0.1) is 0 Å². The summed E-state index contributed by atoms with van der Waals surface area (Å²) in [6, 6.07) is 20.9. The van der Waals surface area contributed by atoms with Crippen LogP contribution in [0.3, 0.4) is 0 Å². The molecule has 1 aliphatic heterocycles. The average Bonchev–Trinajstić information content (AvgIpc) is 2.79. The Balaban J connectivity index is 1.41. The van der Waals surface area contributed by atoms with Crippen LogP contribution in [0, 0.1) is 0 Å². The zero-order valence-electron chi connectivity index (χ0n) is 17.3. The van der Waals surface area contributed by atoms with Crippen molar-refractivity contribution < 1.29 is 9.59 Å². The molecule has 3 aromatic carbocycles. The first-order valence-corrected chi connectivity index (χ1v) is 10.9. The van der Waals surface area contributed by atoms with Gasteiger partial charge in [0, 0.05) is 17.5 Å². The first-order valence-electron chi connectivity index (χ1n) is 10.9. The number of Topliss-reactive ketones (excluding diaryl/α,β-unsaturated/α-hetero) is 1. The van der Waals surface area contributed by atoms with Crippen molar-refractivity contribution in [2.75, 3.05) is 25.0 Å². The van der Waals surface area contributed by atoms with Crippen LogP contribution in [0.4, 0.5) is 5.69 Å².